The first-order chi connectivity index (χ1) is 6.88. The maximum absolute atomic E-state index is 11.5. The zero-order valence-corrected chi connectivity index (χ0v) is 9.16. The van der Waals surface area contributed by atoms with Gasteiger partial charge in [0.15, 0.2) is 0 Å². The van der Waals surface area contributed by atoms with Gasteiger partial charge in [-0.3, -0.25) is 9.59 Å². The van der Waals surface area contributed by atoms with Crippen LogP contribution in [0.1, 0.15) is 19.8 Å². The number of hydrogen-bond acceptors (Lipinski definition) is 4. The standard InChI is InChI=1S/C8H13NO5S/c1-2-15(13,14)9-5-6(10)3-4-7(9)8(11)12/h7H,2-5H2,1H3,(H,11,12). The van der Waals surface area contributed by atoms with Gasteiger partial charge in [-0.05, 0) is 13.3 Å². The molecular weight excluding hydrogens is 222 g/mol. The van der Waals surface area contributed by atoms with Crippen molar-refractivity contribution in [2.45, 2.75) is 25.8 Å². The quantitative estimate of drug-likeness (QED) is 0.709. The third-order valence-electron chi connectivity index (χ3n) is 2.38. The summed E-state index contributed by atoms with van der Waals surface area (Å²) >= 11 is 0. The summed E-state index contributed by atoms with van der Waals surface area (Å²) in [6, 6.07) is -1.09. The van der Waals surface area contributed by atoms with E-state index in [2.05, 4.69) is 0 Å². The molecule has 0 saturated carbocycles. The highest BCUT2D eigenvalue weighted by Gasteiger charge is 2.38. The first-order valence-electron chi connectivity index (χ1n) is 4.62. The average Bonchev–Trinajstić information content (AvgIpc) is 2.17. The predicted octanol–water partition coefficient (Wildman–Crippen LogP) is -0.546. The number of carbonyl (C=O) groups excluding carboxylic acids is 1. The number of nitrogens with zero attached hydrogens (tertiary/aromatic N) is 1. The Morgan fingerprint density at radius 3 is 2.67 bits per heavy atom. The van der Waals surface area contributed by atoms with E-state index in [9.17, 15) is 18.0 Å². The van der Waals surface area contributed by atoms with Gasteiger partial charge >= 0.3 is 5.97 Å². The van der Waals surface area contributed by atoms with E-state index in [1.165, 1.54) is 6.92 Å². The molecule has 0 aromatic heterocycles. The Labute approximate surface area is 87.9 Å². The predicted molar refractivity (Wildman–Crippen MR) is 51.8 cm³/mol. The first kappa shape index (κ1) is 12.1. The molecule has 15 heavy (non-hydrogen) atoms. The van der Waals surface area contributed by atoms with Crippen molar-refractivity contribution in [3.63, 3.8) is 0 Å². The zero-order chi connectivity index (χ0) is 11.6. The van der Waals surface area contributed by atoms with Gasteiger partial charge in [0.2, 0.25) is 10.0 Å². The molecule has 1 atom stereocenters. The largest absolute Gasteiger partial charge is 0.480 e. The van der Waals surface area contributed by atoms with Crippen LogP contribution in [0.15, 0.2) is 0 Å². The van der Waals surface area contributed by atoms with Crippen molar-refractivity contribution >= 4 is 21.8 Å². The van der Waals surface area contributed by atoms with Crippen LogP contribution in [0.2, 0.25) is 0 Å². The van der Waals surface area contributed by atoms with E-state index in [-0.39, 0.29) is 30.9 Å². The number of carboxylic acid groups (broad SMARTS) is 1. The van der Waals surface area contributed by atoms with Gasteiger partial charge in [0.1, 0.15) is 11.8 Å². The summed E-state index contributed by atoms with van der Waals surface area (Å²) in [5, 5.41) is 8.84. The minimum atomic E-state index is -3.62. The molecule has 0 amide bonds. The maximum Gasteiger partial charge on any atom is 0.322 e. The van der Waals surface area contributed by atoms with Crippen LogP contribution in [-0.4, -0.2) is 47.9 Å². The van der Waals surface area contributed by atoms with Crippen LogP contribution in [-0.2, 0) is 19.6 Å². The lowest BCUT2D eigenvalue weighted by Gasteiger charge is -2.30. The second-order valence-corrected chi connectivity index (χ2v) is 5.59. The minimum absolute atomic E-state index is 0.0629. The lowest BCUT2D eigenvalue weighted by atomic mass is 10.0. The molecule has 1 aliphatic rings. The summed E-state index contributed by atoms with van der Waals surface area (Å²) in [4.78, 5) is 21.9. The molecule has 1 fully saturated rings. The molecule has 1 rings (SSSR count). The van der Waals surface area contributed by atoms with E-state index in [1.54, 1.807) is 0 Å². The van der Waals surface area contributed by atoms with Gasteiger partial charge in [0.25, 0.3) is 0 Å². The Bertz CT molecular complexity index is 374. The first-order valence-corrected chi connectivity index (χ1v) is 6.23. The van der Waals surface area contributed by atoms with Crippen molar-refractivity contribution in [1.82, 2.24) is 4.31 Å². The smallest absolute Gasteiger partial charge is 0.322 e. The fourth-order valence-corrected chi connectivity index (χ4v) is 2.77. The number of carbonyl (C=O) groups is 2. The summed E-state index contributed by atoms with van der Waals surface area (Å²) in [6.45, 7) is 1.11. The van der Waals surface area contributed by atoms with E-state index in [4.69, 9.17) is 5.11 Å². The minimum Gasteiger partial charge on any atom is -0.480 e. The summed E-state index contributed by atoms with van der Waals surface area (Å²) < 4.78 is 23.8. The summed E-state index contributed by atoms with van der Waals surface area (Å²) in [5.74, 6) is -1.62. The highest BCUT2D eigenvalue weighted by Crippen LogP contribution is 2.19. The number of ketones is 1. The fourth-order valence-electron chi connectivity index (χ4n) is 1.51. The lowest BCUT2D eigenvalue weighted by molar-refractivity contribution is -0.143. The van der Waals surface area contributed by atoms with Gasteiger partial charge in [-0.25, -0.2) is 8.42 Å². The van der Waals surface area contributed by atoms with Crippen LogP contribution in [0.25, 0.3) is 0 Å². The normalized spacial score (nSPS) is 24.1. The van der Waals surface area contributed by atoms with Crippen molar-refractivity contribution in [2.24, 2.45) is 0 Å². The summed E-state index contributed by atoms with van der Waals surface area (Å²) in [6.07, 6.45) is 0.195. The van der Waals surface area contributed by atoms with Crippen LogP contribution in [0.5, 0.6) is 0 Å². The van der Waals surface area contributed by atoms with Crippen LogP contribution < -0.4 is 0 Å². The molecule has 1 heterocycles. The van der Waals surface area contributed by atoms with E-state index in [0.717, 1.165) is 4.31 Å². The third kappa shape index (κ3) is 2.54. The van der Waals surface area contributed by atoms with Crippen LogP contribution in [0, 0.1) is 0 Å². The number of aliphatic carboxylic acids is 1. The van der Waals surface area contributed by atoms with E-state index < -0.39 is 22.0 Å². The number of piperidine rings is 1. The van der Waals surface area contributed by atoms with Gasteiger partial charge in [-0.2, -0.15) is 4.31 Å². The Morgan fingerprint density at radius 1 is 1.60 bits per heavy atom. The average molecular weight is 235 g/mol. The lowest BCUT2D eigenvalue weighted by Crippen LogP contribution is -2.51. The van der Waals surface area contributed by atoms with Crippen molar-refractivity contribution in [2.75, 3.05) is 12.3 Å². The molecule has 7 heteroatoms. The summed E-state index contributed by atoms with van der Waals surface area (Å²) in [7, 11) is -3.62. The SMILES string of the molecule is CCS(=O)(=O)N1CC(=O)CCC1C(=O)O. The molecular formula is C8H13NO5S. The number of hydrogen-bond donors (Lipinski definition) is 1. The Hall–Kier alpha value is -0.950. The number of carboxylic acids is 1. The molecule has 86 valence electrons. The highest BCUT2D eigenvalue weighted by atomic mass is 32.2. The molecule has 1 aliphatic heterocycles. The Kier molecular flexibility index (Phi) is 3.46. The summed E-state index contributed by atoms with van der Waals surface area (Å²) in [5.41, 5.74) is 0. The van der Waals surface area contributed by atoms with Gasteiger partial charge in [-0.15, -0.1) is 0 Å². The van der Waals surface area contributed by atoms with Crippen molar-refractivity contribution in [3.8, 4) is 0 Å². The molecule has 1 unspecified atom stereocenters. The molecule has 0 aromatic carbocycles. The van der Waals surface area contributed by atoms with E-state index in [1.807, 2.05) is 0 Å². The van der Waals surface area contributed by atoms with Crippen LogP contribution >= 0.6 is 0 Å². The van der Waals surface area contributed by atoms with Gasteiger partial charge in [-0.1, -0.05) is 0 Å². The van der Waals surface area contributed by atoms with Crippen molar-refractivity contribution in [1.29, 1.82) is 0 Å². The Morgan fingerprint density at radius 2 is 2.20 bits per heavy atom. The molecule has 1 N–H and O–H groups in total. The van der Waals surface area contributed by atoms with Gasteiger partial charge in [0, 0.05) is 6.42 Å². The van der Waals surface area contributed by atoms with Crippen molar-refractivity contribution < 1.29 is 23.1 Å². The van der Waals surface area contributed by atoms with Gasteiger partial charge < -0.3 is 5.11 Å². The highest BCUT2D eigenvalue weighted by molar-refractivity contribution is 7.89. The van der Waals surface area contributed by atoms with E-state index >= 15 is 0 Å². The second-order valence-electron chi connectivity index (χ2n) is 3.38. The fraction of sp³-hybridized carbons (Fsp3) is 0.750. The monoisotopic (exact) mass is 235 g/mol. The molecule has 0 aromatic rings. The van der Waals surface area contributed by atoms with Gasteiger partial charge in [0.05, 0.1) is 12.3 Å². The molecule has 1 saturated heterocycles. The second kappa shape index (κ2) is 4.28. The van der Waals surface area contributed by atoms with Crippen LogP contribution in [0.4, 0.5) is 0 Å². The number of rotatable bonds is 3. The molecule has 0 aliphatic carbocycles. The topological polar surface area (TPSA) is 91.8 Å². The third-order valence-corrected chi connectivity index (χ3v) is 4.21. The number of Topliss-reactive ketones (excluding diaryl/α,β-unsaturated/α-hetero) is 1. The Balaban J connectivity index is 2.99. The molecule has 0 spiro atoms. The maximum atomic E-state index is 11.5. The van der Waals surface area contributed by atoms with Crippen molar-refractivity contribution in [3.05, 3.63) is 0 Å². The zero-order valence-electron chi connectivity index (χ0n) is 8.34. The molecule has 6 nitrogen and oxygen atoms in total. The molecule has 0 bridgehead atoms. The molecule has 0 radical (unpaired) electrons. The number of sulfonamides is 1. The van der Waals surface area contributed by atoms with Crippen LogP contribution in [0.3, 0.4) is 0 Å². The van der Waals surface area contributed by atoms with E-state index in [0.29, 0.717) is 0 Å².